The van der Waals surface area contributed by atoms with Crippen LogP contribution in [0.1, 0.15) is 41.7 Å². The lowest BCUT2D eigenvalue weighted by atomic mass is 9.81. The van der Waals surface area contributed by atoms with Gasteiger partial charge in [0.2, 0.25) is 5.88 Å². The molecule has 3 N–H and O–H groups in total. The minimum absolute atomic E-state index is 0.0434. The molecule has 0 fully saturated rings. The van der Waals surface area contributed by atoms with E-state index in [1.54, 1.807) is 48.5 Å². The van der Waals surface area contributed by atoms with Gasteiger partial charge in [0.05, 0.1) is 27.7 Å². The van der Waals surface area contributed by atoms with Crippen LogP contribution in [0.15, 0.2) is 83.9 Å². The van der Waals surface area contributed by atoms with E-state index < -0.39 is 23.1 Å². The van der Waals surface area contributed by atoms with Crippen molar-refractivity contribution < 1.29 is 33.3 Å². The van der Waals surface area contributed by atoms with Crippen LogP contribution in [0.25, 0.3) is 27.7 Å². The molecule has 5 aromatic rings. The SMILES string of the molecule is Cc1cc(C)cc(-n2c(O)c(C=Nc3c(-c4ccccc4O)cccc3C(C)(C)C(=O)O)c3ccc(C(F)(F)F)cc32)c1. The Bertz CT molecular complexity index is 1900. The third-order valence-corrected chi connectivity index (χ3v) is 7.53. The average molecular weight is 587 g/mol. The number of benzene rings is 4. The number of hydrogen-bond donors (Lipinski definition) is 3. The lowest BCUT2D eigenvalue weighted by molar-refractivity contribution is -0.142. The Labute approximate surface area is 246 Å². The Balaban J connectivity index is 1.81. The molecule has 220 valence electrons. The molecule has 6 nitrogen and oxygen atoms in total. The predicted molar refractivity (Wildman–Crippen MR) is 161 cm³/mol. The molecule has 0 aliphatic heterocycles. The molecule has 0 spiro atoms. The number of aromatic hydroxyl groups is 2. The van der Waals surface area contributed by atoms with Gasteiger partial charge in [-0.25, -0.2) is 0 Å². The van der Waals surface area contributed by atoms with E-state index in [1.165, 1.54) is 36.8 Å². The molecule has 0 aliphatic carbocycles. The number of aliphatic carboxylic acids is 1. The van der Waals surface area contributed by atoms with Crippen LogP contribution in [0, 0.1) is 13.8 Å². The van der Waals surface area contributed by atoms with E-state index in [4.69, 9.17) is 0 Å². The van der Waals surface area contributed by atoms with Gasteiger partial charge >= 0.3 is 12.1 Å². The Morgan fingerprint density at radius 2 is 1.51 bits per heavy atom. The van der Waals surface area contributed by atoms with Crippen molar-refractivity contribution in [3.8, 4) is 28.4 Å². The van der Waals surface area contributed by atoms with Crippen molar-refractivity contribution in [3.63, 3.8) is 0 Å². The van der Waals surface area contributed by atoms with E-state index in [0.29, 0.717) is 27.8 Å². The molecular weight excluding hydrogens is 557 g/mol. The van der Waals surface area contributed by atoms with Gasteiger partial charge in [0.15, 0.2) is 0 Å². The van der Waals surface area contributed by atoms with Crippen molar-refractivity contribution >= 4 is 28.8 Å². The first kappa shape index (κ1) is 29.4. The van der Waals surface area contributed by atoms with Crippen LogP contribution in [0.3, 0.4) is 0 Å². The number of rotatable bonds is 6. The van der Waals surface area contributed by atoms with Crippen LogP contribution in [-0.2, 0) is 16.4 Å². The largest absolute Gasteiger partial charge is 0.507 e. The van der Waals surface area contributed by atoms with E-state index in [2.05, 4.69) is 4.99 Å². The van der Waals surface area contributed by atoms with Gasteiger partial charge in [0.1, 0.15) is 5.75 Å². The number of alkyl halides is 3. The number of phenols is 1. The monoisotopic (exact) mass is 586 g/mol. The summed E-state index contributed by atoms with van der Waals surface area (Å²) < 4.78 is 42.6. The summed E-state index contributed by atoms with van der Waals surface area (Å²) in [5, 5.41) is 32.5. The quantitative estimate of drug-likeness (QED) is 0.174. The smallest absolute Gasteiger partial charge is 0.416 e. The van der Waals surface area contributed by atoms with E-state index >= 15 is 0 Å². The fourth-order valence-corrected chi connectivity index (χ4v) is 5.29. The van der Waals surface area contributed by atoms with Crippen LogP contribution >= 0.6 is 0 Å². The van der Waals surface area contributed by atoms with Gasteiger partial charge in [-0.05, 0) is 74.7 Å². The summed E-state index contributed by atoms with van der Waals surface area (Å²) in [6.07, 6.45) is -3.28. The first-order chi connectivity index (χ1) is 20.2. The minimum atomic E-state index is -4.61. The second-order valence-corrected chi connectivity index (χ2v) is 11.1. The van der Waals surface area contributed by atoms with Crippen molar-refractivity contribution in [2.24, 2.45) is 4.99 Å². The zero-order chi connectivity index (χ0) is 31.3. The maximum atomic E-state index is 13.7. The summed E-state index contributed by atoms with van der Waals surface area (Å²) in [5.74, 6) is -1.48. The molecule has 0 bridgehead atoms. The predicted octanol–water partition coefficient (Wildman–Crippen LogP) is 8.46. The maximum Gasteiger partial charge on any atom is 0.416 e. The molecule has 5 rings (SSSR count). The van der Waals surface area contributed by atoms with Gasteiger partial charge < -0.3 is 15.3 Å². The molecular formula is C34H29F3N2O4. The fourth-order valence-electron chi connectivity index (χ4n) is 5.29. The van der Waals surface area contributed by atoms with Gasteiger partial charge in [0.25, 0.3) is 0 Å². The number of aryl methyl sites for hydroxylation is 2. The van der Waals surface area contributed by atoms with Crippen molar-refractivity contribution in [2.45, 2.75) is 39.3 Å². The average Bonchev–Trinajstić information content (AvgIpc) is 3.21. The first-order valence-electron chi connectivity index (χ1n) is 13.4. The van der Waals surface area contributed by atoms with E-state index in [1.807, 2.05) is 19.9 Å². The molecule has 0 saturated heterocycles. The van der Waals surface area contributed by atoms with Crippen molar-refractivity contribution in [1.82, 2.24) is 4.57 Å². The number of phenolic OH excluding ortho intramolecular Hbond substituents is 1. The Hall–Kier alpha value is -5.05. The summed E-state index contributed by atoms with van der Waals surface area (Å²) in [7, 11) is 0. The summed E-state index contributed by atoms with van der Waals surface area (Å²) in [4.78, 5) is 17.0. The Morgan fingerprint density at radius 3 is 2.14 bits per heavy atom. The first-order valence-corrected chi connectivity index (χ1v) is 13.4. The number of nitrogens with zero attached hydrogens (tertiary/aromatic N) is 2. The Morgan fingerprint density at radius 1 is 0.860 bits per heavy atom. The van der Waals surface area contributed by atoms with Crippen molar-refractivity contribution in [2.75, 3.05) is 0 Å². The number of carboxylic acids is 1. The van der Waals surface area contributed by atoms with E-state index in [0.717, 1.165) is 23.3 Å². The molecule has 4 aromatic carbocycles. The van der Waals surface area contributed by atoms with Crippen LogP contribution in [0.4, 0.5) is 18.9 Å². The summed E-state index contributed by atoms with van der Waals surface area (Å²) in [6.45, 7) is 6.76. The highest BCUT2D eigenvalue weighted by Crippen LogP contribution is 2.43. The van der Waals surface area contributed by atoms with Crippen molar-refractivity contribution in [3.05, 3.63) is 107 Å². The fraction of sp³-hybridized carbons (Fsp3) is 0.176. The third-order valence-electron chi connectivity index (χ3n) is 7.53. The third kappa shape index (κ3) is 5.34. The summed E-state index contributed by atoms with van der Waals surface area (Å²) in [5.41, 5.74) is 1.61. The van der Waals surface area contributed by atoms with Crippen LogP contribution in [-0.4, -0.2) is 32.1 Å². The van der Waals surface area contributed by atoms with Crippen molar-refractivity contribution in [1.29, 1.82) is 0 Å². The Kier molecular flexibility index (Phi) is 7.29. The standard InChI is InChI=1S/C34H29F3N2O4/c1-19-14-20(2)16-22(15-19)39-28-17-21(34(35,36)37)12-13-23(28)26(31(39)41)18-38-30-25(24-8-5-6-11-29(24)40)9-7-10-27(30)33(3,4)32(42)43/h5-18,40-41H,1-4H3,(H,42,43). The summed E-state index contributed by atoms with van der Waals surface area (Å²) >= 11 is 0. The number of aromatic nitrogens is 1. The number of halogens is 3. The van der Waals surface area contributed by atoms with Crippen LogP contribution < -0.4 is 0 Å². The van der Waals surface area contributed by atoms with Gasteiger partial charge in [0, 0.05) is 28.4 Å². The molecule has 1 aromatic heterocycles. The molecule has 1 heterocycles. The molecule has 0 amide bonds. The minimum Gasteiger partial charge on any atom is -0.507 e. The second kappa shape index (κ2) is 10.7. The topological polar surface area (TPSA) is 95.0 Å². The number of para-hydroxylation sites is 2. The number of aliphatic imine (C=N–C) groups is 1. The highest BCUT2D eigenvalue weighted by atomic mass is 19.4. The molecule has 43 heavy (non-hydrogen) atoms. The molecule has 0 radical (unpaired) electrons. The van der Waals surface area contributed by atoms with Gasteiger partial charge in [-0.15, -0.1) is 0 Å². The molecule has 0 aliphatic rings. The van der Waals surface area contributed by atoms with E-state index in [9.17, 15) is 33.3 Å². The highest BCUT2D eigenvalue weighted by Gasteiger charge is 2.34. The van der Waals surface area contributed by atoms with Crippen LogP contribution in [0.5, 0.6) is 11.6 Å². The lowest BCUT2D eigenvalue weighted by Gasteiger charge is -2.23. The molecule has 0 unspecified atom stereocenters. The van der Waals surface area contributed by atoms with Gasteiger partial charge in [-0.1, -0.05) is 48.5 Å². The normalized spacial score (nSPS) is 12.3. The second-order valence-electron chi connectivity index (χ2n) is 11.1. The zero-order valence-corrected chi connectivity index (χ0v) is 23.9. The van der Waals surface area contributed by atoms with E-state index in [-0.39, 0.29) is 28.4 Å². The number of carbonyl (C=O) groups is 1. The molecule has 0 atom stereocenters. The maximum absolute atomic E-state index is 13.7. The summed E-state index contributed by atoms with van der Waals surface area (Å²) in [6, 6.07) is 20.2. The zero-order valence-electron chi connectivity index (χ0n) is 23.9. The highest BCUT2D eigenvalue weighted by molar-refractivity contribution is 6.05. The van der Waals surface area contributed by atoms with Crippen LogP contribution in [0.2, 0.25) is 0 Å². The van der Waals surface area contributed by atoms with Gasteiger partial charge in [-0.3, -0.25) is 14.4 Å². The van der Waals surface area contributed by atoms with Gasteiger partial charge in [-0.2, -0.15) is 13.2 Å². The number of carboxylic acid groups (broad SMARTS) is 1. The molecule has 0 saturated carbocycles. The number of hydrogen-bond acceptors (Lipinski definition) is 4. The lowest BCUT2D eigenvalue weighted by Crippen LogP contribution is -2.28. The molecule has 9 heteroatoms. The number of fused-ring (bicyclic) bond motifs is 1.